The summed E-state index contributed by atoms with van der Waals surface area (Å²) in [5.74, 6) is -0.0441. The van der Waals surface area contributed by atoms with Crippen LogP contribution in [0.3, 0.4) is 0 Å². The van der Waals surface area contributed by atoms with Crippen LogP contribution in [0.5, 0.6) is 6.01 Å². The molecular weight excluding hydrogens is 585 g/mol. The van der Waals surface area contributed by atoms with Crippen molar-refractivity contribution in [3.63, 3.8) is 0 Å². The van der Waals surface area contributed by atoms with E-state index in [1.807, 2.05) is 37.2 Å². The second-order valence-corrected chi connectivity index (χ2v) is 11.6. The number of nitriles is 1. The van der Waals surface area contributed by atoms with E-state index in [1.54, 1.807) is 17.2 Å². The fourth-order valence-corrected chi connectivity index (χ4v) is 6.38. The summed E-state index contributed by atoms with van der Waals surface area (Å²) in [6, 6.07) is 11.3. The number of allylic oxidation sites excluding steroid dienone is 1. The largest absolute Gasteiger partial charge is 0.456 e. The number of aromatic nitrogens is 2. The number of benzene rings is 2. The minimum Gasteiger partial charge on any atom is -0.456 e. The third kappa shape index (κ3) is 5.56. The molecule has 1 saturated heterocycles. The summed E-state index contributed by atoms with van der Waals surface area (Å²) < 4.78 is 26.7. The SMILES string of the molecule is C=CC(=O)N1CCN(c2nc(O[C@@H]3COC[C@@H]3N(C)C)nc3c2CCN(c2cccc4ccc(F)c(Cl)c24)C3)C=C1CC#N. The maximum atomic E-state index is 14.6. The molecule has 1 aromatic heterocycles. The summed E-state index contributed by atoms with van der Waals surface area (Å²) in [6.07, 6.45) is 3.46. The third-order valence-corrected chi connectivity index (χ3v) is 8.75. The second-order valence-electron chi connectivity index (χ2n) is 11.2. The van der Waals surface area contributed by atoms with Gasteiger partial charge >= 0.3 is 6.01 Å². The molecule has 0 N–H and O–H groups in total. The van der Waals surface area contributed by atoms with Gasteiger partial charge in [0.2, 0.25) is 5.91 Å². The first kappa shape index (κ1) is 29.8. The highest BCUT2D eigenvalue weighted by molar-refractivity contribution is 6.36. The molecule has 0 unspecified atom stereocenters. The highest BCUT2D eigenvalue weighted by Gasteiger charge is 2.34. The smallest absolute Gasteiger partial charge is 0.319 e. The maximum absolute atomic E-state index is 14.6. The van der Waals surface area contributed by atoms with Crippen molar-refractivity contribution >= 4 is 39.8 Å². The van der Waals surface area contributed by atoms with E-state index in [0.717, 1.165) is 22.3 Å². The Kier molecular flexibility index (Phi) is 8.40. The van der Waals surface area contributed by atoms with E-state index in [0.29, 0.717) is 62.7 Å². The molecule has 0 bridgehead atoms. The Bertz CT molecular complexity index is 1690. The molecule has 10 nitrogen and oxygen atoms in total. The van der Waals surface area contributed by atoms with Crippen LogP contribution < -0.4 is 14.5 Å². The van der Waals surface area contributed by atoms with Gasteiger partial charge in [-0.25, -0.2) is 4.39 Å². The standard InChI is InChI=1S/C32H33ClFN7O3/c1-4-28(42)41-15-14-40(16-21(41)10-12-35)31-22-11-13-39(25-7-5-6-20-8-9-23(34)30(33)29(20)25)17-24(22)36-32(37-31)44-27-19-43-18-26(27)38(2)3/h4-9,16,26-27H,1,10-11,13-15,17-19H2,2-3H3/t26-,27+/m0/s1. The number of nitrogens with zero attached hydrogens (tertiary/aromatic N) is 7. The number of anilines is 2. The summed E-state index contributed by atoms with van der Waals surface area (Å²) in [5, 5.41) is 11.1. The molecule has 0 aliphatic carbocycles. The molecule has 44 heavy (non-hydrogen) atoms. The summed E-state index contributed by atoms with van der Waals surface area (Å²) in [7, 11) is 3.97. The molecule has 0 radical (unpaired) electrons. The lowest BCUT2D eigenvalue weighted by molar-refractivity contribution is -0.124. The zero-order valence-electron chi connectivity index (χ0n) is 24.7. The van der Waals surface area contributed by atoms with Crippen LogP contribution >= 0.6 is 11.6 Å². The average molecular weight is 618 g/mol. The highest BCUT2D eigenvalue weighted by atomic mass is 35.5. The van der Waals surface area contributed by atoms with Crippen LogP contribution in [0.15, 0.2) is 54.9 Å². The Labute approximate surface area is 260 Å². The van der Waals surface area contributed by atoms with E-state index in [1.165, 1.54) is 12.1 Å². The van der Waals surface area contributed by atoms with Crippen molar-refractivity contribution in [3.05, 3.63) is 77.0 Å². The third-order valence-electron chi connectivity index (χ3n) is 8.39. The first-order valence-electron chi connectivity index (χ1n) is 14.5. The van der Waals surface area contributed by atoms with Gasteiger partial charge in [-0.15, -0.1) is 0 Å². The van der Waals surface area contributed by atoms with Gasteiger partial charge in [-0.05, 0) is 44.1 Å². The lowest BCUT2D eigenvalue weighted by Gasteiger charge is -2.37. The van der Waals surface area contributed by atoms with Crippen molar-refractivity contribution in [1.29, 1.82) is 5.26 Å². The van der Waals surface area contributed by atoms with E-state index in [2.05, 4.69) is 22.4 Å². The topological polar surface area (TPSA) is 98.1 Å². The Morgan fingerprint density at radius 3 is 2.86 bits per heavy atom. The van der Waals surface area contributed by atoms with Crippen molar-refractivity contribution in [3.8, 4) is 12.1 Å². The molecule has 0 spiro atoms. The van der Waals surface area contributed by atoms with E-state index >= 15 is 0 Å². The van der Waals surface area contributed by atoms with Crippen molar-refractivity contribution in [2.45, 2.75) is 31.5 Å². The monoisotopic (exact) mass is 617 g/mol. The van der Waals surface area contributed by atoms with Gasteiger partial charge in [-0.3, -0.25) is 4.79 Å². The first-order valence-corrected chi connectivity index (χ1v) is 14.9. The number of carbonyl (C=O) groups is 1. The van der Waals surface area contributed by atoms with Gasteiger partial charge in [-0.1, -0.05) is 36.4 Å². The number of carbonyl (C=O) groups excluding carboxylic acids is 1. The number of rotatable bonds is 7. The zero-order valence-corrected chi connectivity index (χ0v) is 25.4. The molecule has 1 amide bonds. The molecule has 0 saturated carbocycles. The van der Waals surface area contributed by atoms with Crippen LogP contribution in [0.25, 0.3) is 10.8 Å². The van der Waals surface area contributed by atoms with Crippen LogP contribution in [0.4, 0.5) is 15.9 Å². The van der Waals surface area contributed by atoms with E-state index in [4.69, 9.17) is 31.0 Å². The summed E-state index contributed by atoms with van der Waals surface area (Å²) in [4.78, 5) is 30.1. The number of hydrogen-bond acceptors (Lipinski definition) is 9. The molecule has 4 heterocycles. The molecule has 3 aliphatic rings. The van der Waals surface area contributed by atoms with Crippen LogP contribution in [0.1, 0.15) is 17.7 Å². The Morgan fingerprint density at radius 1 is 1.25 bits per heavy atom. The molecule has 3 aromatic rings. The number of hydrogen-bond donors (Lipinski definition) is 0. The molecule has 2 atom stereocenters. The van der Waals surface area contributed by atoms with Gasteiger partial charge in [-0.2, -0.15) is 15.2 Å². The Morgan fingerprint density at radius 2 is 2.09 bits per heavy atom. The number of likely N-dealkylation sites (N-methyl/N-ethyl adjacent to an activating group) is 1. The van der Waals surface area contributed by atoms with Crippen LogP contribution in [-0.4, -0.2) is 84.8 Å². The van der Waals surface area contributed by atoms with Crippen molar-refractivity contribution < 1.29 is 18.7 Å². The predicted molar refractivity (Wildman–Crippen MR) is 166 cm³/mol. The van der Waals surface area contributed by atoms with Crippen molar-refractivity contribution in [2.24, 2.45) is 0 Å². The van der Waals surface area contributed by atoms with Gasteiger partial charge in [0, 0.05) is 42.5 Å². The molecule has 228 valence electrons. The van der Waals surface area contributed by atoms with E-state index in [-0.39, 0.29) is 35.5 Å². The average Bonchev–Trinajstić information content (AvgIpc) is 3.50. The quantitative estimate of drug-likeness (QED) is 0.360. The molecule has 12 heteroatoms. The van der Waals surface area contributed by atoms with E-state index in [9.17, 15) is 14.4 Å². The summed E-state index contributed by atoms with van der Waals surface area (Å²) >= 11 is 6.49. The van der Waals surface area contributed by atoms with Crippen LogP contribution in [0.2, 0.25) is 5.02 Å². The fraction of sp³-hybridized carbons (Fsp3) is 0.375. The zero-order chi connectivity index (χ0) is 31.0. The highest BCUT2D eigenvalue weighted by Crippen LogP contribution is 2.38. The molecule has 6 rings (SSSR count). The van der Waals surface area contributed by atoms with Gasteiger partial charge in [0.05, 0.1) is 54.7 Å². The summed E-state index contributed by atoms with van der Waals surface area (Å²) in [5.41, 5.74) is 3.13. The van der Waals surface area contributed by atoms with Crippen molar-refractivity contribution in [2.75, 3.05) is 56.7 Å². The van der Waals surface area contributed by atoms with Gasteiger partial charge in [0.1, 0.15) is 17.7 Å². The number of ether oxygens (including phenoxy) is 2. The minimum atomic E-state index is -0.465. The Balaban J connectivity index is 1.41. The molecule has 3 aliphatic heterocycles. The van der Waals surface area contributed by atoms with Crippen LogP contribution in [-0.2, 0) is 22.5 Å². The molecular formula is C32H33ClFN7O3. The van der Waals surface area contributed by atoms with Crippen LogP contribution in [0, 0.1) is 17.1 Å². The lowest BCUT2D eigenvalue weighted by Crippen LogP contribution is -2.43. The fourth-order valence-electron chi connectivity index (χ4n) is 6.11. The summed E-state index contributed by atoms with van der Waals surface area (Å²) in [6.45, 7) is 6.45. The first-order chi connectivity index (χ1) is 21.3. The predicted octanol–water partition coefficient (Wildman–Crippen LogP) is 4.28. The second kappa shape index (κ2) is 12.4. The molecule has 2 aromatic carbocycles. The number of halogens is 2. The minimum absolute atomic E-state index is 0.0397. The molecule has 1 fully saturated rings. The number of amides is 1. The lowest BCUT2D eigenvalue weighted by atomic mass is 10.0. The van der Waals surface area contributed by atoms with Crippen molar-refractivity contribution in [1.82, 2.24) is 19.8 Å². The normalized spacial score (nSPS) is 20.0. The van der Waals surface area contributed by atoms with E-state index < -0.39 is 5.82 Å². The van der Waals surface area contributed by atoms with Gasteiger partial charge in [0.25, 0.3) is 0 Å². The van der Waals surface area contributed by atoms with Gasteiger partial charge in [0.15, 0.2) is 0 Å². The number of fused-ring (bicyclic) bond motifs is 2. The van der Waals surface area contributed by atoms with Gasteiger partial charge < -0.3 is 29.1 Å². The maximum Gasteiger partial charge on any atom is 0.319 e. The Hall–Kier alpha value is -4.24.